The van der Waals surface area contributed by atoms with Gasteiger partial charge in [-0.05, 0) is 103 Å². The lowest BCUT2D eigenvalue weighted by Gasteiger charge is -2.43. The normalized spacial score (nSPS) is 14.0. The van der Waals surface area contributed by atoms with Crippen molar-refractivity contribution in [2.75, 3.05) is 11.4 Å². The summed E-state index contributed by atoms with van der Waals surface area (Å²) in [5, 5.41) is 26.5. The number of nitrogens with one attached hydrogen (secondary N) is 2. The number of primary amides is 1. The van der Waals surface area contributed by atoms with Crippen LogP contribution in [0.5, 0.6) is 0 Å². The van der Waals surface area contributed by atoms with Crippen LogP contribution in [0.1, 0.15) is 82.3 Å². The van der Waals surface area contributed by atoms with Gasteiger partial charge < -0.3 is 41.8 Å². The van der Waals surface area contributed by atoms with E-state index in [-0.39, 0.29) is 37.7 Å². The summed E-state index contributed by atoms with van der Waals surface area (Å²) in [5.41, 5.74) is 7.23. The van der Waals surface area contributed by atoms with E-state index in [1.54, 1.807) is 78.9 Å². The molecule has 0 spiro atoms. The SMILES string of the molecule is CC(C)(C)OC(=O)N[C@H](C(=O)N(c1nc2ccccc2cc1C(N)=O)[C@@](CCCN)(C(=O)N[C@H](CCc1ccccc1)C(=O)O)C(=O)OC(C)(C)C)C(Cc1ccccc1)C(=O)O. The summed E-state index contributed by atoms with van der Waals surface area (Å²) in [7, 11) is 0. The molecular weight excluding hydrogens is 813 g/mol. The predicted molar refractivity (Wildman–Crippen MR) is 233 cm³/mol. The number of carbonyl (C=O) groups is 7. The fourth-order valence-electron chi connectivity index (χ4n) is 6.88. The van der Waals surface area contributed by atoms with Crippen molar-refractivity contribution in [3.05, 3.63) is 108 Å². The van der Waals surface area contributed by atoms with E-state index in [0.29, 0.717) is 15.8 Å². The third kappa shape index (κ3) is 12.8. The summed E-state index contributed by atoms with van der Waals surface area (Å²) in [6.07, 6.45) is -2.58. The van der Waals surface area contributed by atoms with Crippen molar-refractivity contribution in [1.29, 1.82) is 0 Å². The Hall–Kier alpha value is -6.88. The fraction of sp³-hybridized carbons (Fsp3) is 0.391. The largest absolute Gasteiger partial charge is 0.481 e. The second-order valence-corrected chi connectivity index (χ2v) is 17.0. The quantitative estimate of drug-likeness (QED) is 0.0560. The molecule has 0 aliphatic heterocycles. The Bertz CT molecular complexity index is 2290. The summed E-state index contributed by atoms with van der Waals surface area (Å²) in [6.45, 7) is 8.86. The summed E-state index contributed by atoms with van der Waals surface area (Å²) < 4.78 is 11.4. The molecule has 0 saturated heterocycles. The molecule has 8 N–H and O–H groups in total. The first kappa shape index (κ1) is 48.8. The lowest BCUT2D eigenvalue weighted by atomic mass is 9.85. The predicted octanol–water partition coefficient (Wildman–Crippen LogP) is 4.53. The molecule has 0 saturated carbocycles. The first-order valence-corrected chi connectivity index (χ1v) is 20.4. The number of hydrogen-bond donors (Lipinski definition) is 6. The number of anilines is 1. The van der Waals surface area contributed by atoms with E-state index in [0.717, 1.165) is 5.56 Å². The molecule has 4 aromatic rings. The van der Waals surface area contributed by atoms with Gasteiger partial charge in [0, 0.05) is 5.39 Å². The number of alkyl carbamates (subject to hydrolysis) is 1. The zero-order valence-corrected chi connectivity index (χ0v) is 36.3. The Morgan fingerprint density at radius 1 is 0.762 bits per heavy atom. The number of fused-ring (bicyclic) bond motifs is 1. The number of nitrogens with two attached hydrogens (primary N) is 2. The van der Waals surface area contributed by atoms with Gasteiger partial charge in [0.2, 0.25) is 5.54 Å². The van der Waals surface area contributed by atoms with Gasteiger partial charge in [-0.1, -0.05) is 78.9 Å². The van der Waals surface area contributed by atoms with Crippen LogP contribution in [-0.2, 0) is 46.3 Å². The minimum Gasteiger partial charge on any atom is -0.481 e. The molecule has 4 amide bonds. The van der Waals surface area contributed by atoms with Gasteiger partial charge >= 0.3 is 24.0 Å². The number of pyridine rings is 1. The number of benzene rings is 3. The lowest BCUT2D eigenvalue weighted by Crippen LogP contribution is -2.71. The van der Waals surface area contributed by atoms with Crippen LogP contribution in [0.4, 0.5) is 10.6 Å². The van der Waals surface area contributed by atoms with Crippen molar-refractivity contribution in [2.45, 2.75) is 102 Å². The molecule has 63 heavy (non-hydrogen) atoms. The van der Waals surface area contributed by atoms with Crippen LogP contribution in [-0.4, -0.2) is 92.3 Å². The topological polar surface area (TPSA) is 271 Å². The van der Waals surface area contributed by atoms with E-state index in [9.17, 15) is 29.4 Å². The highest BCUT2D eigenvalue weighted by Crippen LogP contribution is 2.36. The van der Waals surface area contributed by atoms with Crippen molar-refractivity contribution in [2.24, 2.45) is 17.4 Å². The standard InChI is InChI=1S/C46H56N6O11/c1-44(2,3)62-42(60)46(24-15-25-47,41(59)50-34(40(57)58)23-22-28-16-9-7-10-17-28)52(37-32(36(48)53)27-30-20-13-14-21-33(30)49-37)38(54)35(51-43(61)63-45(4,5)6)31(39(55)56)26-29-18-11-8-12-19-29/h7-14,16-21,27,31,34-35H,15,22-26,47H2,1-6H3,(H2,48,53)(H,50,59)(H,51,61)(H,55,56)(H,57,58)/t31?,34-,35+,46+/m1/s1. The van der Waals surface area contributed by atoms with E-state index in [4.69, 9.17) is 20.9 Å². The zero-order chi connectivity index (χ0) is 46.7. The summed E-state index contributed by atoms with van der Waals surface area (Å²) >= 11 is 0. The molecule has 0 aliphatic carbocycles. The number of ether oxygens (including phenoxy) is 2. The van der Waals surface area contributed by atoms with Crippen LogP contribution in [0.15, 0.2) is 91.0 Å². The Morgan fingerprint density at radius 3 is 1.87 bits per heavy atom. The molecule has 1 aromatic heterocycles. The first-order chi connectivity index (χ1) is 29.6. The second kappa shape index (κ2) is 20.8. The van der Waals surface area contributed by atoms with Crippen molar-refractivity contribution in [3.8, 4) is 0 Å². The van der Waals surface area contributed by atoms with Crippen LogP contribution in [0.2, 0.25) is 0 Å². The molecule has 4 rings (SSSR count). The van der Waals surface area contributed by atoms with Crippen LogP contribution in [0.3, 0.4) is 0 Å². The Labute approximate surface area is 365 Å². The molecular formula is C46H56N6O11. The highest BCUT2D eigenvalue weighted by molar-refractivity contribution is 6.20. The number of aromatic nitrogens is 1. The minimum absolute atomic E-state index is 0.134. The molecule has 0 aliphatic rings. The number of rotatable bonds is 19. The maximum Gasteiger partial charge on any atom is 0.408 e. The van der Waals surface area contributed by atoms with Gasteiger partial charge in [-0.15, -0.1) is 0 Å². The van der Waals surface area contributed by atoms with E-state index in [1.807, 2.05) is 0 Å². The number of para-hydroxylation sites is 1. The van der Waals surface area contributed by atoms with Gasteiger partial charge in [0.05, 0.1) is 17.0 Å². The first-order valence-electron chi connectivity index (χ1n) is 20.4. The van der Waals surface area contributed by atoms with Gasteiger partial charge in [0.25, 0.3) is 17.7 Å². The van der Waals surface area contributed by atoms with Gasteiger partial charge in [-0.25, -0.2) is 19.4 Å². The molecule has 0 radical (unpaired) electrons. The molecule has 17 nitrogen and oxygen atoms in total. The van der Waals surface area contributed by atoms with Gasteiger partial charge in [0.15, 0.2) is 0 Å². The van der Waals surface area contributed by atoms with Gasteiger partial charge in [0.1, 0.15) is 29.1 Å². The fourth-order valence-corrected chi connectivity index (χ4v) is 6.88. The number of hydrogen-bond acceptors (Lipinski definition) is 11. The van der Waals surface area contributed by atoms with E-state index >= 15 is 14.4 Å². The molecule has 0 bridgehead atoms. The highest BCUT2D eigenvalue weighted by Gasteiger charge is 2.59. The number of carboxylic acids is 2. The summed E-state index contributed by atoms with van der Waals surface area (Å²) in [5.74, 6) is -11.1. The number of amides is 4. The van der Waals surface area contributed by atoms with Gasteiger partial charge in [-0.2, -0.15) is 0 Å². The van der Waals surface area contributed by atoms with Crippen molar-refractivity contribution in [3.63, 3.8) is 0 Å². The molecule has 4 atom stereocenters. The van der Waals surface area contributed by atoms with Gasteiger partial charge in [-0.3, -0.25) is 24.1 Å². The minimum atomic E-state index is -3.02. The van der Waals surface area contributed by atoms with Crippen LogP contribution in [0, 0.1) is 5.92 Å². The van der Waals surface area contributed by atoms with Crippen molar-refractivity contribution >= 4 is 58.4 Å². The molecule has 1 unspecified atom stereocenters. The smallest absolute Gasteiger partial charge is 0.408 e. The molecule has 3 aromatic carbocycles. The molecule has 1 heterocycles. The Balaban J connectivity index is 2.15. The average Bonchev–Trinajstić information content (AvgIpc) is 3.20. The number of aliphatic carboxylic acids is 2. The third-order valence-corrected chi connectivity index (χ3v) is 9.76. The third-order valence-electron chi connectivity index (χ3n) is 9.76. The number of nitrogens with zero attached hydrogens (tertiary/aromatic N) is 2. The van der Waals surface area contributed by atoms with Crippen LogP contribution in [0.25, 0.3) is 10.9 Å². The average molecular weight is 869 g/mol. The molecule has 0 fully saturated rings. The van der Waals surface area contributed by atoms with Crippen molar-refractivity contribution < 1.29 is 53.2 Å². The number of carbonyl (C=O) groups excluding carboxylic acids is 5. The monoisotopic (exact) mass is 868 g/mol. The van der Waals surface area contributed by atoms with Crippen LogP contribution < -0.4 is 27.0 Å². The maximum atomic E-state index is 16.0. The van der Waals surface area contributed by atoms with Crippen molar-refractivity contribution in [1.82, 2.24) is 15.6 Å². The number of carboxylic acid groups (broad SMARTS) is 2. The lowest BCUT2D eigenvalue weighted by molar-refractivity contribution is -0.167. The molecule has 17 heteroatoms. The second-order valence-electron chi connectivity index (χ2n) is 17.0. The summed E-state index contributed by atoms with van der Waals surface area (Å²) in [4.78, 5) is 105. The summed E-state index contributed by atoms with van der Waals surface area (Å²) in [6, 6.07) is 20.7. The zero-order valence-electron chi connectivity index (χ0n) is 36.3. The Kier molecular flexibility index (Phi) is 16.1. The Morgan fingerprint density at radius 2 is 1.33 bits per heavy atom. The van der Waals surface area contributed by atoms with E-state index in [1.165, 1.54) is 53.7 Å². The number of aryl methyl sites for hydroxylation is 1. The van der Waals surface area contributed by atoms with E-state index < -0.39 is 94.3 Å². The maximum absolute atomic E-state index is 16.0. The van der Waals surface area contributed by atoms with Crippen LogP contribution >= 0.6 is 0 Å². The molecule has 336 valence electrons. The number of esters is 1. The van der Waals surface area contributed by atoms with E-state index in [2.05, 4.69) is 15.6 Å². The highest BCUT2D eigenvalue weighted by atomic mass is 16.6.